The normalized spacial score (nSPS) is 11.3. The maximum atomic E-state index is 14.1. The summed E-state index contributed by atoms with van der Waals surface area (Å²) in [4.78, 5) is 22.8. The highest BCUT2D eigenvalue weighted by molar-refractivity contribution is 7.98. The molecular weight excluding hydrogens is 393 g/mol. The number of carbonyl (C=O) groups is 1. The highest BCUT2D eigenvalue weighted by Gasteiger charge is 2.22. The van der Waals surface area contributed by atoms with Crippen molar-refractivity contribution < 1.29 is 9.18 Å². The van der Waals surface area contributed by atoms with Crippen LogP contribution in [0.25, 0.3) is 10.2 Å². The number of likely N-dealkylation sites (N-methyl/N-ethyl adjacent to an activating group) is 1. The van der Waals surface area contributed by atoms with Crippen LogP contribution in [-0.2, 0) is 0 Å². The Morgan fingerprint density at radius 1 is 1.11 bits per heavy atom. The van der Waals surface area contributed by atoms with E-state index in [-0.39, 0.29) is 11.7 Å². The molecule has 0 saturated heterocycles. The van der Waals surface area contributed by atoms with Gasteiger partial charge < -0.3 is 4.90 Å². The number of anilines is 1. The Morgan fingerprint density at radius 2 is 1.82 bits per heavy atom. The number of rotatable bonds is 8. The number of benzene rings is 2. The van der Waals surface area contributed by atoms with Crippen LogP contribution in [0, 0.1) is 5.82 Å². The van der Waals surface area contributed by atoms with Gasteiger partial charge in [-0.2, -0.15) is 0 Å². The van der Waals surface area contributed by atoms with Crippen LogP contribution in [-0.4, -0.2) is 48.2 Å². The zero-order valence-corrected chi connectivity index (χ0v) is 17.9. The second-order valence-corrected chi connectivity index (χ2v) is 8.18. The summed E-state index contributed by atoms with van der Waals surface area (Å²) in [6.45, 7) is 7.27. The monoisotopic (exact) mass is 417 g/mol. The van der Waals surface area contributed by atoms with Crippen LogP contribution in [0.4, 0.5) is 9.52 Å². The van der Waals surface area contributed by atoms with Gasteiger partial charge in [0.05, 0.1) is 4.70 Å². The third kappa shape index (κ3) is 4.54. The fourth-order valence-corrected chi connectivity index (χ4v) is 4.39. The Hall–Kier alpha value is -1.96. The SMILES string of the molecule is CCN(CC)CCN(C(=O)c1ccc(SC)cc1)c1nc2c(F)cccc2s1. The number of thiazole rings is 1. The summed E-state index contributed by atoms with van der Waals surface area (Å²) in [7, 11) is 0. The predicted octanol–water partition coefficient (Wildman–Crippen LogP) is 5.15. The van der Waals surface area contributed by atoms with Gasteiger partial charge in [0.25, 0.3) is 5.91 Å². The third-order valence-electron chi connectivity index (χ3n) is 4.71. The third-order valence-corrected chi connectivity index (χ3v) is 6.49. The molecule has 0 atom stereocenters. The summed E-state index contributed by atoms with van der Waals surface area (Å²) in [6.07, 6.45) is 2.00. The van der Waals surface area contributed by atoms with Crippen molar-refractivity contribution in [2.24, 2.45) is 0 Å². The lowest BCUT2D eigenvalue weighted by atomic mass is 10.2. The van der Waals surface area contributed by atoms with Gasteiger partial charge in [-0.1, -0.05) is 31.3 Å². The summed E-state index contributed by atoms with van der Waals surface area (Å²) in [6, 6.07) is 12.5. The molecule has 1 amide bonds. The zero-order valence-electron chi connectivity index (χ0n) is 16.3. The molecule has 148 valence electrons. The molecular formula is C21H24FN3OS2. The van der Waals surface area contributed by atoms with E-state index in [1.54, 1.807) is 22.7 Å². The minimum atomic E-state index is -0.361. The summed E-state index contributed by atoms with van der Waals surface area (Å²) >= 11 is 2.98. The molecule has 1 heterocycles. The van der Waals surface area contributed by atoms with Gasteiger partial charge in [-0.3, -0.25) is 9.69 Å². The lowest BCUT2D eigenvalue weighted by Gasteiger charge is -2.24. The number of halogens is 1. The molecule has 0 radical (unpaired) electrons. The summed E-state index contributed by atoms with van der Waals surface area (Å²) in [5.74, 6) is -0.472. The molecule has 0 spiro atoms. The number of hydrogen-bond acceptors (Lipinski definition) is 5. The molecule has 3 rings (SSSR count). The molecule has 2 aromatic carbocycles. The Balaban J connectivity index is 1.95. The number of nitrogens with zero attached hydrogens (tertiary/aromatic N) is 3. The number of amides is 1. The highest BCUT2D eigenvalue weighted by Crippen LogP contribution is 2.31. The van der Waals surface area contributed by atoms with Crippen molar-refractivity contribution in [1.29, 1.82) is 0 Å². The number of aromatic nitrogens is 1. The lowest BCUT2D eigenvalue weighted by molar-refractivity contribution is 0.0983. The molecule has 0 N–H and O–H groups in total. The topological polar surface area (TPSA) is 36.4 Å². The van der Waals surface area contributed by atoms with Crippen LogP contribution >= 0.6 is 23.1 Å². The van der Waals surface area contributed by atoms with Crippen molar-refractivity contribution in [3.8, 4) is 0 Å². The Bertz CT molecular complexity index is 938. The minimum Gasteiger partial charge on any atom is -0.302 e. The zero-order chi connectivity index (χ0) is 20.1. The van der Waals surface area contributed by atoms with Gasteiger partial charge in [0.1, 0.15) is 11.3 Å². The van der Waals surface area contributed by atoms with Gasteiger partial charge in [0.15, 0.2) is 5.13 Å². The smallest absolute Gasteiger partial charge is 0.260 e. The first-order chi connectivity index (χ1) is 13.6. The molecule has 7 heteroatoms. The first-order valence-corrected chi connectivity index (χ1v) is 11.3. The molecule has 3 aromatic rings. The quantitative estimate of drug-likeness (QED) is 0.475. The maximum absolute atomic E-state index is 14.1. The Labute approximate surface area is 173 Å². The molecule has 0 saturated carbocycles. The van der Waals surface area contributed by atoms with E-state index in [2.05, 4.69) is 23.7 Å². The number of fused-ring (bicyclic) bond motifs is 1. The molecule has 4 nitrogen and oxygen atoms in total. The van der Waals surface area contributed by atoms with Crippen LogP contribution in [0.15, 0.2) is 47.4 Å². The average molecular weight is 418 g/mol. The molecule has 0 unspecified atom stereocenters. The van der Waals surface area contributed by atoms with Crippen LogP contribution < -0.4 is 4.90 Å². The maximum Gasteiger partial charge on any atom is 0.260 e. The second kappa shape index (κ2) is 9.49. The standard InChI is InChI=1S/C21H24FN3OS2/c1-4-24(5-2)13-14-25(20(26)15-9-11-16(27-3)12-10-15)21-23-19-17(22)7-6-8-18(19)28-21/h6-12H,4-5,13-14H2,1-3H3. The van der Waals surface area contributed by atoms with Crippen molar-refractivity contribution in [3.63, 3.8) is 0 Å². The molecule has 0 aliphatic carbocycles. The molecule has 0 aliphatic heterocycles. The van der Waals surface area contributed by atoms with E-state index in [1.807, 2.05) is 36.6 Å². The highest BCUT2D eigenvalue weighted by atomic mass is 32.2. The van der Waals surface area contributed by atoms with Gasteiger partial charge in [-0.25, -0.2) is 9.37 Å². The molecule has 0 fully saturated rings. The number of para-hydroxylation sites is 1. The van der Waals surface area contributed by atoms with Crippen LogP contribution in [0.5, 0.6) is 0 Å². The molecule has 0 aliphatic rings. The minimum absolute atomic E-state index is 0.112. The van der Waals surface area contributed by atoms with E-state index in [9.17, 15) is 9.18 Å². The predicted molar refractivity (Wildman–Crippen MR) is 117 cm³/mol. The Kier molecular flexibility index (Phi) is 7.04. The summed E-state index contributed by atoms with van der Waals surface area (Å²) < 4.78 is 14.9. The first kappa shape index (κ1) is 20.8. The van der Waals surface area contributed by atoms with E-state index in [1.165, 1.54) is 17.4 Å². The van der Waals surface area contributed by atoms with E-state index in [0.29, 0.717) is 22.8 Å². The van der Waals surface area contributed by atoms with E-state index < -0.39 is 0 Å². The summed E-state index contributed by atoms with van der Waals surface area (Å²) in [5, 5.41) is 0.534. The van der Waals surface area contributed by atoms with Crippen LogP contribution in [0.1, 0.15) is 24.2 Å². The van der Waals surface area contributed by atoms with Gasteiger partial charge in [-0.15, -0.1) is 11.8 Å². The van der Waals surface area contributed by atoms with Crippen molar-refractivity contribution in [2.45, 2.75) is 18.7 Å². The molecule has 0 bridgehead atoms. The van der Waals surface area contributed by atoms with Gasteiger partial charge >= 0.3 is 0 Å². The van der Waals surface area contributed by atoms with Gasteiger partial charge in [-0.05, 0) is 55.7 Å². The average Bonchev–Trinajstić information content (AvgIpc) is 3.16. The van der Waals surface area contributed by atoms with Gasteiger partial charge in [0, 0.05) is 23.5 Å². The number of carbonyl (C=O) groups excluding carboxylic acids is 1. The fourth-order valence-electron chi connectivity index (χ4n) is 2.97. The van der Waals surface area contributed by atoms with Crippen molar-refractivity contribution in [2.75, 3.05) is 37.3 Å². The van der Waals surface area contributed by atoms with Crippen molar-refractivity contribution in [1.82, 2.24) is 9.88 Å². The fraction of sp³-hybridized carbons (Fsp3) is 0.333. The largest absolute Gasteiger partial charge is 0.302 e. The summed E-state index contributed by atoms with van der Waals surface area (Å²) in [5.41, 5.74) is 0.929. The van der Waals surface area contributed by atoms with Crippen LogP contribution in [0.2, 0.25) is 0 Å². The molecule has 28 heavy (non-hydrogen) atoms. The van der Waals surface area contributed by atoms with Crippen molar-refractivity contribution >= 4 is 44.4 Å². The van der Waals surface area contributed by atoms with E-state index in [0.717, 1.165) is 29.2 Å². The Morgan fingerprint density at radius 3 is 2.43 bits per heavy atom. The first-order valence-electron chi connectivity index (χ1n) is 9.30. The van der Waals surface area contributed by atoms with E-state index >= 15 is 0 Å². The number of thioether (sulfide) groups is 1. The number of hydrogen-bond donors (Lipinski definition) is 0. The van der Waals surface area contributed by atoms with Gasteiger partial charge in [0.2, 0.25) is 0 Å². The lowest BCUT2D eigenvalue weighted by Crippen LogP contribution is -2.38. The van der Waals surface area contributed by atoms with Crippen LogP contribution in [0.3, 0.4) is 0 Å². The molecule has 1 aromatic heterocycles. The van der Waals surface area contributed by atoms with Crippen molar-refractivity contribution in [3.05, 3.63) is 53.8 Å². The van der Waals surface area contributed by atoms with E-state index in [4.69, 9.17) is 0 Å². The second-order valence-electron chi connectivity index (χ2n) is 6.30.